The smallest absolute Gasteiger partial charge is 0.273 e. The number of carbonyl (C=O) groups excluding carboxylic acids is 1. The van der Waals surface area contributed by atoms with Crippen molar-refractivity contribution in [1.29, 1.82) is 0 Å². The van der Waals surface area contributed by atoms with Gasteiger partial charge in [-0.2, -0.15) is 19.7 Å². The molecule has 2 aromatic rings. The van der Waals surface area contributed by atoms with E-state index in [1.165, 1.54) is 17.9 Å². The second-order valence-electron chi connectivity index (χ2n) is 5.05. The zero-order valence-electron chi connectivity index (χ0n) is 13.4. The molecule has 0 saturated carbocycles. The van der Waals surface area contributed by atoms with Gasteiger partial charge in [-0.1, -0.05) is 0 Å². The number of aromatic nitrogens is 4. The van der Waals surface area contributed by atoms with Crippen LogP contribution in [-0.2, 0) is 18.4 Å². The molecule has 2 aromatic heterocycles. The number of carbonyl (C=O) groups is 1. The maximum absolute atomic E-state index is 13.7. The van der Waals surface area contributed by atoms with Crippen LogP contribution in [0, 0.1) is 29.9 Å². The van der Waals surface area contributed by atoms with E-state index in [-0.39, 0.29) is 24.2 Å². The minimum absolute atomic E-state index is 0.0194. The van der Waals surface area contributed by atoms with Crippen LogP contribution in [0.2, 0.25) is 0 Å². The van der Waals surface area contributed by atoms with Crippen LogP contribution >= 0.6 is 0 Å². The number of rotatable bonds is 6. The number of hydrogen-bond donors (Lipinski definition) is 1. The molecule has 0 aliphatic rings. The van der Waals surface area contributed by atoms with Gasteiger partial charge in [0.1, 0.15) is 11.9 Å². The molecule has 0 aliphatic heterocycles. The Hall–Kier alpha value is -3.11. The third-order valence-electron chi connectivity index (χ3n) is 3.40. The number of nitro groups is 1. The van der Waals surface area contributed by atoms with Crippen LogP contribution in [0.5, 0.6) is 0 Å². The van der Waals surface area contributed by atoms with Gasteiger partial charge in [-0.05, 0) is 13.8 Å². The van der Waals surface area contributed by atoms with Crippen molar-refractivity contribution in [3.05, 3.63) is 39.2 Å². The molecule has 1 amide bonds. The van der Waals surface area contributed by atoms with E-state index < -0.39 is 16.8 Å². The summed E-state index contributed by atoms with van der Waals surface area (Å²) in [7, 11) is 1.46. The fraction of sp³-hybridized carbons (Fsp3) is 0.385. The first-order valence-electron chi connectivity index (χ1n) is 6.99. The molecule has 1 N–H and O–H groups in total. The highest BCUT2D eigenvalue weighted by Gasteiger charge is 2.16. The molecule has 0 saturated heterocycles. The summed E-state index contributed by atoms with van der Waals surface area (Å²) in [6, 6.07) is 0. The molecule has 0 atom stereocenters. The molecule has 0 unspecified atom stereocenters. The molecule has 0 bridgehead atoms. The summed E-state index contributed by atoms with van der Waals surface area (Å²) in [5, 5.41) is 22.2. The first kappa shape index (κ1) is 17.2. The van der Waals surface area contributed by atoms with E-state index in [4.69, 9.17) is 0 Å². The predicted molar refractivity (Wildman–Crippen MR) is 81.9 cm³/mol. The third-order valence-corrected chi connectivity index (χ3v) is 3.40. The van der Waals surface area contributed by atoms with Crippen LogP contribution < -0.4 is 5.43 Å². The van der Waals surface area contributed by atoms with Gasteiger partial charge in [0.05, 0.1) is 28.9 Å². The van der Waals surface area contributed by atoms with Crippen LogP contribution in [0.3, 0.4) is 0 Å². The van der Waals surface area contributed by atoms with E-state index in [0.717, 1.165) is 10.9 Å². The van der Waals surface area contributed by atoms with E-state index in [1.54, 1.807) is 13.8 Å². The third kappa shape index (κ3) is 3.62. The maximum Gasteiger partial charge on any atom is 0.309 e. The first-order chi connectivity index (χ1) is 11.3. The Labute approximate surface area is 136 Å². The Morgan fingerprint density at radius 3 is 2.79 bits per heavy atom. The molecule has 11 heteroatoms. The number of hydrogen-bond acceptors (Lipinski definition) is 6. The van der Waals surface area contributed by atoms with Gasteiger partial charge in [-0.3, -0.25) is 19.6 Å². The molecule has 0 spiro atoms. The van der Waals surface area contributed by atoms with Crippen LogP contribution in [0.15, 0.2) is 11.3 Å². The minimum Gasteiger partial charge on any atom is -0.273 e. The lowest BCUT2D eigenvalue weighted by Crippen LogP contribution is -2.20. The Balaban J connectivity index is 1.90. The molecule has 10 nitrogen and oxygen atoms in total. The summed E-state index contributed by atoms with van der Waals surface area (Å²) >= 11 is 0. The second kappa shape index (κ2) is 6.98. The number of nitrogens with one attached hydrogen (secondary N) is 1. The van der Waals surface area contributed by atoms with Crippen LogP contribution in [-0.4, -0.2) is 36.6 Å². The summed E-state index contributed by atoms with van der Waals surface area (Å²) in [5.41, 5.74) is 3.17. The highest BCUT2D eigenvalue weighted by atomic mass is 19.1. The lowest BCUT2D eigenvalue weighted by molar-refractivity contribution is -0.385. The monoisotopic (exact) mass is 337 g/mol. The molecular formula is C13H16FN7O3. The minimum atomic E-state index is -0.551. The summed E-state index contributed by atoms with van der Waals surface area (Å²) < 4.78 is 16.1. The Bertz CT molecular complexity index is 809. The van der Waals surface area contributed by atoms with Crippen molar-refractivity contribution in [1.82, 2.24) is 25.0 Å². The number of hydrazone groups is 1. The molecule has 0 radical (unpaired) electrons. The van der Waals surface area contributed by atoms with E-state index >= 15 is 0 Å². The average Bonchev–Trinajstić information content (AvgIpc) is 2.99. The van der Waals surface area contributed by atoms with Gasteiger partial charge in [0.15, 0.2) is 0 Å². The van der Waals surface area contributed by atoms with Gasteiger partial charge in [0.25, 0.3) is 0 Å². The van der Waals surface area contributed by atoms with E-state index in [1.807, 2.05) is 0 Å². The van der Waals surface area contributed by atoms with Crippen molar-refractivity contribution in [3.8, 4) is 0 Å². The van der Waals surface area contributed by atoms with Crippen molar-refractivity contribution in [2.75, 3.05) is 0 Å². The van der Waals surface area contributed by atoms with E-state index in [0.29, 0.717) is 11.4 Å². The highest BCUT2D eigenvalue weighted by Crippen LogP contribution is 2.16. The van der Waals surface area contributed by atoms with Gasteiger partial charge >= 0.3 is 5.69 Å². The van der Waals surface area contributed by atoms with Crippen molar-refractivity contribution < 1.29 is 14.1 Å². The number of nitrogens with zero attached hydrogens (tertiary/aromatic N) is 6. The van der Waals surface area contributed by atoms with Gasteiger partial charge in [0, 0.05) is 13.5 Å². The quantitative estimate of drug-likeness (QED) is 0.475. The summed E-state index contributed by atoms with van der Waals surface area (Å²) in [6.45, 7) is 3.34. The van der Waals surface area contributed by atoms with Gasteiger partial charge in [0.2, 0.25) is 11.9 Å². The lowest BCUT2D eigenvalue weighted by Gasteiger charge is -2.02. The van der Waals surface area contributed by atoms with E-state index in [9.17, 15) is 19.3 Å². The molecule has 0 aliphatic carbocycles. The van der Waals surface area contributed by atoms with Gasteiger partial charge in [-0.15, -0.1) is 0 Å². The maximum atomic E-state index is 13.7. The molecule has 2 rings (SSSR count). The fourth-order valence-corrected chi connectivity index (χ4v) is 2.07. The molecular weight excluding hydrogens is 321 g/mol. The Morgan fingerprint density at radius 1 is 1.54 bits per heavy atom. The summed E-state index contributed by atoms with van der Waals surface area (Å²) in [4.78, 5) is 21.9. The van der Waals surface area contributed by atoms with Crippen LogP contribution in [0.1, 0.15) is 23.4 Å². The zero-order valence-corrected chi connectivity index (χ0v) is 13.4. The first-order valence-corrected chi connectivity index (χ1v) is 6.99. The van der Waals surface area contributed by atoms with Gasteiger partial charge in [-0.25, -0.2) is 10.1 Å². The number of aryl methyl sites for hydroxylation is 3. The Kier molecular flexibility index (Phi) is 5.02. The van der Waals surface area contributed by atoms with Crippen LogP contribution in [0.25, 0.3) is 0 Å². The molecule has 128 valence electrons. The van der Waals surface area contributed by atoms with Crippen molar-refractivity contribution in [3.63, 3.8) is 0 Å². The average molecular weight is 337 g/mol. The Morgan fingerprint density at radius 2 is 2.25 bits per heavy atom. The topological polar surface area (TPSA) is 120 Å². The summed E-state index contributed by atoms with van der Waals surface area (Å²) in [5.74, 6) is -0.976. The largest absolute Gasteiger partial charge is 0.309 e. The zero-order chi connectivity index (χ0) is 17.9. The van der Waals surface area contributed by atoms with Crippen molar-refractivity contribution >= 4 is 17.8 Å². The normalized spacial score (nSPS) is 11.2. The second-order valence-corrected chi connectivity index (χ2v) is 5.05. The van der Waals surface area contributed by atoms with Crippen LogP contribution in [0.4, 0.5) is 10.1 Å². The molecule has 24 heavy (non-hydrogen) atoms. The van der Waals surface area contributed by atoms with Crippen molar-refractivity contribution in [2.45, 2.75) is 26.8 Å². The molecule has 0 aromatic carbocycles. The van der Waals surface area contributed by atoms with Crippen molar-refractivity contribution in [2.24, 2.45) is 12.1 Å². The predicted octanol–water partition coefficient (Wildman–Crippen LogP) is 0.821. The SMILES string of the molecule is Cc1nn(C)c(F)c1C=NNC(=O)CCn1ncc([N+](=O)[O-])c1C. The molecule has 2 heterocycles. The van der Waals surface area contributed by atoms with E-state index in [2.05, 4.69) is 20.7 Å². The highest BCUT2D eigenvalue weighted by molar-refractivity contribution is 5.83. The molecule has 0 fully saturated rings. The lowest BCUT2D eigenvalue weighted by atomic mass is 10.3. The number of amides is 1. The van der Waals surface area contributed by atoms with Gasteiger partial charge < -0.3 is 0 Å². The fourth-order valence-electron chi connectivity index (χ4n) is 2.07. The number of halogens is 1. The standard InChI is InChI=1S/C13H16FN7O3/c1-8-10(13(14)19(3)18-8)6-15-17-12(22)4-5-20-9(2)11(7-16-20)21(23)24/h6-7H,4-5H2,1-3H3,(H,17,22). The summed E-state index contributed by atoms with van der Waals surface area (Å²) in [6.07, 6.45) is 2.34.